The van der Waals surface area contributed by atoms with Crippen LogP contribution in [0, 0.1) is 0 Å². The van der Waals surface area contributed by atoms with Gasteiger partial charge < -0.3 is 0 Å². The van der Waals surface area contributed by atoms with Crippen molar-refractivity contribution >= 4 is 144 Å². The molecule has 0 aliphatic rings. The molecule has 0 bridgehead atoms. The van der Waals surface area contributed by atoms with Crippen LogP contribution in [0.5, 0.6) is 0 Å². The summed E-state index contributed by atoms with van der Waals surface area (Å²) in [5, 5.41) is 18.9. The summed E-state index contributed by atoms with van der Waals surface area (Å²) < 4.78 is 2.44. The third-order valence-corrected chi connectivity index (χ3v) is 28.9. The summed E-state index contributed by atoms with van der Waals surface area (Å²) in [4.78, 5) is 5.52. The zero-order chi connectivity index (χ0) is 48.7. The van der Waals surface area contributed by atoms with Crippen LogP contribution in [-0.4, -0.2) is 39.6 Å². The predicted octanol–water partition coefficient (Wildman–Crippen LogP) is 14.3. The van der Waals surface area contributed by atoms with Crippen LogP contribution in [-0.2, 0) is 0 Å². The molecule has 2 heterocycles. The fourth-order valence-electron chi connectivity index (χ4n) is 11.4. The Kier molecular flexibility index (Phi) is 10.8. The number of rotatable bonds is 8. The molecule has 0 spiro atoms. The summed E-state index contributed by atoms with van der Waals surface area (Å²) in [6.45, 7) is 0. The van der Waals surface area contributed by atoms with Crippen molar-refractivity contribution in [2.75, 3.05) is 0 Å². The molecule has 14 rings (SSSR count). The van der Waals surface area contributed by atoms with Crippen molar-refractivity contribution in [1.82, 2.24) is 9.38 Å². The van der Waals surface area contributed by atoms with E-state index in [0.29, 0.717) is 0 Å². The Morgan fingerprint density at radius 3 is 1.51 bits per heavy atom. The number of benzene rings is 12. The molecule has 6 heteroatoms. The first-order valence-corrected chi connectivity index (χ1v) is 32.7. The molecule has 344 valence electrons. The van der Waals surface area contributed by atoms with E-state index in [1.54, 1.807) is 0 Å². The van der Waals surface area contributed by atoms with Crippen molar-refractivity contribution in [3.05, 3.63) is 267 Å². The van der Waals surface area contributed by atoms with E-state index in [0.717, 1.165) is 27.8 Å². The third-order valence-electron chi connectivity index (χ3n) is 14.9. The van der Waals surface area contributed by atoms with Crippen LogP contribution in [0.2, 0.25) is 0 Å². The van der Waals surface area contributed by atoms with Gasteiger partial charge in [0.15, 0.2) is 0 Å². The fourth-order valence-corrected chi connectivity index (χ4v) is 21.7. The van der Waals surface area contributed by atoms with Crippen molar-refractivity contribution in [2.24, 2.45) is 0 Å². The van der Waals surface area contributed by atoms with Gasteiger partial charge in [0.2, 0.25) is 0 Å². The molecule has 0 atom stereocenters. The Morgan fingerprint density at radius 1 is 0.315 bits per heavy atom. The van der Waals surface area contributed by atoms with E-state index < -0.39 is 11.0 Å². The first kappa shape index (κ1) is 44.5. The molecule has 2 aromatic heterocycles. The van der Waals surface area contributed by atoms with Gasteiger partial charge in [-0.3, -0.25) is 0 Å². The molecular formula is C67H44N2P2Se2. The van der Waals surface area contributed by atoms with Crippen molar-refractivity contribution < 1.29 is 0 Å². The molecule has 14 aromatic rings. The van der Waals surface area contributed by atoms with E-state index in [4.69, 9.17) is 4.98 Å². The number of pyridine rings is 1. The second-order valence-electron chi connectivity index (χ2n) is 18.9. The second kappa shape index (κ2) is 17.8. The average molecular weight is 1100 g/mol. The van der Waals surface area contributed by atoms with Crippen LogP contribution in [0.1, 0.15) is 0 Å². The Balaban J connectivity index is 0.954. The van der Waals surface area contributed by atoms with Gasteiger partial charge in [-0.25, -0.2) is 0 Å². The van der Waals surface area contributed by atoms with Gasteiger partial charge >= 0.3 is 413 Å². The van der Waals surface area contributed by atoms with Gasteiger partial charge in [-0.2, -0.15) is 0 Å². The quantitative estimate of drug-likeness (QED) is 0.0842. The molecule has 0 unspecified atom stereocenters. The summed E-state index contributed by atoms with van der Waals surface area (Å²) in [5.74, 6) is 0. The average Bonchev–Trinajstić information content (AvgIpc) is 3.86. The fraction of sp³-hybridized carbons (Fsp3) is 0. The molecule has 0 fully saturated rings. The zero-order valence-corrected chi connectivity index (χ0v) is 44.7. The van der Waals surface area contributed by atoms with Gasteiger partial charge in [-0.15, -0.1) is 0 Å². The summed E-state index contributed by atoms with van der Waals surface area (Å²) in [6, 6.07) is 98.8. The van der Waals surface area contributed by atoms with E-state index >= 15 is 0 Å². The summed E-state index contributed by atoms with van der Waals surface area (Å²) in [6.07, 6.45) is 0. The van der Waals surface area contributed by atoms with Gasteiger partial charge in [-0.1, -0.05) is 24.3 Å². The molecule has 0 saturated heterocycles. The van der Waals surface area contributed by atoms with Crippen LogP contribution in [0.15, 0.2) is 267 Å². The number of imidazole rings is 1. The predicted molar refractivity (Wildman–Crippen MR) is 320 cm³/mol. The number of hydrogen-bond donors (Lipinski definition) is 0. The van der Waals surface area contributed by atoms with Crippen LogP contribution in [0.4, 0.5) is 0 Å². The number of aromatic nitrogens is 2. The van der Waals surface area contributed by atoms with Gasteiger partial charge in [-0.05, 0) is 5.39 Å². The molecule has 0 saturated carbocycles. The molecule has 0 aliphatic carbocycles. The zero-order valence-electron chi connectivity index (χ0n) is 39.5. The van der Waals surface area contributed by atoms with E-state index in [9.17, 15) is 0 Å². The van der Waals surface area contributed by atoms with Crippen LogP contribution < -0.4 is 31.8 Å². The molecule has 2 nitrogen and oxygen atoms in total. The molecule has 0 N–H and O–H groups in total. The summed E-state index contributed by atoms with van der Waals surface area (Å²) in [7, 11) is 0. The van der Waals surface area contributed by atoms with Crippen LogP contribution in [0.3, 0.4) is 0 Å². The molecule has 0 aliphatic heterocycles. The van der Waals surface area contributed by atoms with Crippen molar-refractivity contribution in [2.45, 2.75) is 0 Å². The van der Waals surface area contributed by atoms with Crippen LogP contribution in [0.25, 0.3) is 92.9 Å². The molecule has 73 heavy (non-hydrogen) atoms. The topological polar surface area (TPSA) is 17.3 Å². The Bertz CT molecular complexity index is 4530. The number of nitrogens with zero attached hydrogens (tertiary/aromatic N) is 2. The van der Waals surface area contributed by atoms with E-state index in [1.807, 2.05) is 0 Å². The monoisotopic (exact) mass is 1100 g/mol. The second-order valence-corrected chi connectivity index (χ2v) is 31.3. The first-order chi connectivity index (χ1) is 35.9. The van der Waals surface area contributed by atoms with Gasteiger partial charge in [0.05, 0.1) is 0 Å². The van der Waals surface area contributed by atoms with E-state index in [2.05, 4.69) is 302 Å². The van der Waals surface area contributed by atoms with E-state index in [-0.39, 0.29) is 0 Å². The van der Waals surface area contributed by atoms with E-state index in [1.165, 1.54) is 97.0 Å². The first-order valence-electron chi connectivity index (χ1n) is 24.6. The SMILES string of the molecule is [Se]=P(c1ccccc1)(c1ccccc1)c1ccc2cc(-c3ccc4nc5c6c7ccccc7ccc6c6ccc(-c7ccc(P(=[Se])(c8ccccc8)c8ccccc8)c8ccccc78)cc6n5c4c3)ccc2c1. The van der Waals surface area contributed by atoms with Crippen molar-refractivity contribution in [1.29, 1.82) is 0 Å². The van der Waals surface area contributed by atoms with Gasteiger partial charge in [0.1, 0.15) is 0 Å². The standard InChI is InChI=1S/C67H44N2P2Se2/c72-70(51-18-5-1-6-19-51,52-20-7-2-8-21-52)55-35-31-47-41-46(29-30-48(47)42-55)49-34-39-62-64(43-49)69-63-44-50(33-36-59(63)61-37-32-45-17-13-14-26-57(45)66(61)67(69)68-62)56-38-40-65(60-28-16-15-27-58(56)60)71(73,53-22-9-3-10-23-53)54-24-11-4-12-25-54/h1-44H. The minimum absolute atomic E-state index is 0.969. The molecular weight excluding hydrogens is 1050 g/mol. The Hall–Kier alpha value is -7.21. The molecule has 0 amide bonds. The maximum atomic E-state index is 5.52. The number of fused-ring (bicyclic) bond motifs is 12. The maximum absolute atomic E-state index is 5.52. The van der Waals surface area contributed by atoms with Crippen molar-refractivity contribution in [3.63, 3.8) is 0 Å². The Morgan fingerprint density at radius 2 is 0.822 bits per heavy atom. The normalized spacial score (nSPS) is 12.2. The number of hydrogen-bond acceptors (Lipinski definition) is 1. The third kappa shape index (κ3) is 7.17. The minimum atomic E-state index is -2.14. The van der Waals surface area contributed by atoms with Gasteiger partial charge in [0.25, 0.3) is 0 Å². The summed E-state index contributed by atoms with van der Waals surface area (Å²) >= 11 is 7.57. The molecule has 12 aromatic carbocycles. The van der Waals surface area contributed by atoms with Gasteiger partial charge in [0, 0.05) is 0 Å². The molecule has 0 radical (unpaired) electrons. The Labute approximate surface area is 439 Å². The van der Waals surface area contributed by atoms with Crippen LogP contribution >= 0.6 is 11.0 Å². The van der Waals surface area contributed by atoms with Crippen molar-refractivity contribution in [3.8, 4) is 22.3 Å². The summed E-state index contributed by atoms with van der Waals surface area (Å²) in [5.41, 5.74) is 4.73.